The maximum absolute atomic E-state index is 14.6. The summed E-state index contributed by atoms with van der Waals surface area (Å²) in [5.74, 6) is 0.372. The zero-order valence-corrected chi connectivity index (χ0v) is 22.7. The van der Waals surface area contributed by atoms with Gasteiger partial charge in [-0.1, -0.05) is 28.6 Å². The smallest absolute Gasteiger partial charge is 0.337 e. The molecule has 4 heterocycles. The van der Waals surface area contributed by atoms with E-state index in [1.54, 1.807) is 30.3 Å². The molecule has 4 aromatic rings. The number of piperidine rings is 1. The van der Waals surface area contributed by atoms with E-state index in [0.717, 1.165) is 59.7 Å². The minimum absolute atomic E-state index is 0.0548. The predicted octanol–water partition coefficient (Wildman–Crippen LogP) is 6.34. The number of halogens is 1. The van der Waals surface area contributed by atoms with Gasteiger partial charge in [-0.15, -0.1) is 0 Å². The number of anilines is 1. The van der Waals surface area contributed by atoms with Gasteiger partial charge in [-0.05, 0) is 62.8 Å². The fraction of sp³-hybridized carbons (Fsp3) is 0.400. The number of carbonyl (C=O) groups excluding carboxylic acids is 1. The van der Waals surface area contributed by atoms with Gasteiger partial charge in [0.05, 0.1) is 35.6 Å². The molecular weight excluding hydrogens is 531 g/mol. The van der Waals surface area contributed by atoms with Crippen LogP contribution < -0.4 is 4.90 Å². The van der Waals surface area contributed by atoms with Gasteiger partial charge in [0.2, 0.25) is 0 Å². The standard InChI is InChI=1S/C30H27FN4O4S/c1-37-29(36)17-10-18(14-32)26-25(11-17)40-30(33-26)35-19-8-9-20(35)13-21(12-19)38-15-23-27(22-4-2-3-5-24(22)31)34-39-28(23)16-6-7-16/h2-5,10-11,16,19-21H,6-9,12-13,15H2,1H3. The summed E-state index contributed by atoms with van der Waals surface area (Å²) in [4.78, 5) is 19.3. The van der Waals surface area contributed by atoms with Crippen LogP contribution in [0.3, 0.4) is 0 Å². The van der Waals surface area contributed by atoms with Gasteiger partial charge >= 0.3 is 5.97 Å². The third kappa shape index (κ3) is 4.34. The van der Waals surface area contributed by atoms with Gasteiger partial charge in [-0.25, -0.2) is 14.2 Å². The molecule has 2 aliphatic heterocycles. The van der Waals surface area contributed by atoms with Crippen LogP contribution in [-0.2, 0) is 16.1 Å². The minimum atomic E-state index is -0.470. The maximum Gasteiger partial charge on any atom is 0.337 e. The van der Waals surface area contributed by atoms with Gasteiger partial charge < -0.3 is 18.9 Å². The van der Waals surface area contributed by atoms with Crippen molar-refractivity contribution in [2.24, 2.45) is 0 Å². The van der Waals surface area contributed by atoms with E-state index in [2.05, 4.69) is 16.1 Å². The Labute approximate surface area is 234 Å². The number of esters is 1. The maximum atomic E-state index is 14.6. The molecule has 2 aromatic heterocycles. The first kappa shape index (κ1) is 25.2. The van der Waals surface area contributed by atoms with Crippen molar-refractivity contribution >= 4 is 32.7 Å². The first-order chi connectivity index (χ1) is 19.5. The summed E-state index contributed by atoms with van der Waals surface area (Å²) < 4.78 is 32.5. The number of hydrogen-bond donors (Lipinski definition) is 0. The van der Waals surface area contributed by atoms with Crippen LogP contribution in [0.25, 0.3) is 21.5 Å². The van der Waals surface area contributed by atoms with Gasteiger partial charge in [0.1, 0.15) is 28.9 Å². The first-order valence-corrected chi connectivity index (χ1v) is 14.4. The molecule has 0 amide bonds. The highest BCUT2D eigenvalue weighted by molar-refractivity contribution is 7.22. The number of fused-ring (bicyclic) bond motifs is 3. The molecule has 2 saturated heterocycles. The number of hydrogen-bond acceptors (Lipinski definition) is 9. The molecule has 2 atom stereocenters. The van der Waals surface area contributed by atoms with Gasteiger partial charge in [0, 0.05) is 29.1 Å². The van der Waals surface area contributed by atoms with Crippen molar-refractivity contribution in [2.45, 2.75) is 69.2 Å². The number of benzene rings is 2. The summed E-state index contributed by atoms with van der Waals surface area (Å²) >= 11 is 1.51. The Morgan fingerprint density at radius 1 is 1.20 bits per heavy atom. The number of nitrogens with zero attached hydrogens (tertiary/aromatic N) is 4. The summed E-state index contributed by atoms with van der Waals surface area (Å²) in [7, 11) is 1.33. The van der Waals surface area contributed by atoms with Crippen LogP contribution in [0.5, 0.6) is 0 Å². The number of nitriles is 1. The molecule has 204 valence electrons. The largest absolute Gasteiger partial charge is 0.465 e. The van der Waals surface area contributed by atoms with Crippen LogP contribution >= 0.6 is 11.3 Å². The van der Waals surface area contributed by atoms with Crippen molar-refractivity contribution in [1.82, 2.24) is 10.1 Å². The van der Waals surface area contributed by atoms with Crippen LogP contribution in [0, 0.1) is 17.1 Å². The molecule has 0 spiro atoms. The lowest BCUT2D eigenvalue weighted by Crippen LogP contribution is -2.45. The minimum Gasteiger partial charge on any atom is -0.465 e. The molecule has 2 bridgehead atoms. The molecule has 8 nitrogen and oxygen atoms in total. The lowest BCUT2D eigenvalue weighted by atomic mass is 10.00. The zero-order valence-electron chi connectivity index (χ0n) is 21.9. The van der Waals surface area contributed by atoms with E-state index in [1.165, 1.54) is 24.5 Å². The summed E-state index contributed by atoms with van der Waals surface area (Å²) in [6, 6.07) is 12.7. The van der Waals surface area contributed by atoms with Crippen molar-refractivity contribution in [3.63, 3.8) is 0 Å². The van der Waals surface area contributed by atoms with Crippen LogP contribution in [0.4, 0.5) is 9.52 Å². The summed E-state index contributed by atoms with van der Waals surface area (Å²) in [5, 5.41) is 14.8. The van der Waals surface area contributed by atoms with Crippen LogP contribution in [0.15, 0.2) is 40.9 Å². The van der Waals surface area contributed by atoms with E-state index in [1.807, 2.05) is 0 Å². The Morgan fingerprint density at radius 3 is 2.67 bits per heavy atom. The average molecular weight is 559 g/mol. The topological polar surface area (TPSA) is 101 Å². The molecule has 7 rings (SSSR count). The molecule has 2 unspecified atom stereocenters. The number of ether oxygens (including phenoxy) is 2. The van der Waals surface area contributed by atoms with E-state index in [-0.39, 0.29) is 24.0 Å². The highest BCUT2D eigenvalue weighted by Crippen LogP contribution is 2.46. The van der Waals surface area contributed by atoms with E-state index >= 15 is 0 Å². The Morgan fingerprint density at radius 2 is 1.98 bits per heavy atom. The second kappa shape index (κ2) is 9.98. The Bertz CT molecular complexity index is 1640. The van der Waals surface area contributed by atoms with Gasteiger partial charge in [0.15, 0.2) is 5.13 Å². The number of aromatic nitrogens is 2. The summed E-state index contributed by atoms with van der Waals surface area (Å²) in [6.07, 6.45) is 5.95. The highest BCUT2D eigenvalue weighted by Gasteiger charge is 2.43. The molecular formula is C30H27FN4O4S. The lowest BCUT2D eigenvalue weighted by Gasteiger charge is -2.38. The van der Waals surface area contributed by atoms with Crippen LogP contribution in [0.2, 0.25) is 0 Å². The molecule has 3 aliphatic rings. The van der Waals surface area contributed by atoms with Crippen molar-refractivity contribution in [3.05, 3.63) is 64.7 Å². The van der Waals surface area contributed by atoms with Gasteiger partial charge in [0.25, 0.3) is 0 Å². The zero-order chi connectivity index (χ0) is 27.4. The predicted molar refractivity (Wildman–Crippen MR) is 147 cm³/mol. The third-order valence-corrected chi connectivity index (χ3v) is 9.31. The molecule has 0 radical (unpaired) electrons. The SMILES string of the molecule is COC(=O)c1cc(C#N)c2nc(N3C4CCC3CC(OCc3c(-c5ccccc5F)noc3C3CC3)C4)sc2c1. The van der Waals surface area contributed by atoms with Crippen LogP contribution in [-0.4, -0.2) is 41.4 Å². The molecule has 0 N–H and O–H groups in total. The van der Waals surface area contributed by atoms with E-state index in [4.69, 9.17) is 19.0 Å². The third-order valence-electron chi connectivity index (χ3n) is 8.29. The molecule has 1 aliphatic carbocycles. The summed E-state index contributed by atoms with van der Waals surface area (Å²) in [5.41, 5.74) is 3.18. The second-order valence-electron chi connectivity index (χ2n) is 10.8. The van der Waals surface area contributed by atoms with E-state index < -0.39 is 5.97 Å². The fourth-order valence-corrected chi connectivity index (χ4v) is 7.39. The van der Waals surface area contributed by atoms with Gasteiger partial charge in [-0.3, -0.25) is 0 Å². The molecule has 1 saturated carbocycles. The first-order valence-electron chi connectivity index (χ1n) is 13.6. The lowest BCUT2D eigenvalue weighted by molar-refractivity contribution is 0.0147. The van der Waals surface area contributed by atoms with Crippen LogP contribution in [0.1, 0.15) is 71.7 Å². The number of thiazole rings is 1. The monoisotopic (exact) mass is 558 g/mol. The Balaban J connectivity index is 1.11. The number of methoxy groups -OCH3 is 1. The Hall–Kier alpha value is -3.81. The average Bonchev–Trinajstić information content (AvgIpc) is 3.49. The fourth-order valence-electron chi connectivity index (χ4n) is 6.22. The second-order valence-corrected chi connectivity index (χ2v) is 11.8. The number of carbonyl (C=O) groups is 1. The van der Waals surface area contributed by atoms with E-state index in [9.17, 15) is 14.4 Å². The number of rotatable bonds is 7. The van der Waals surface area contributed by atoms with E-state index in [0.29, 0.717) is 40.4 Å². The Kier molecular flexibility index (Phi) is 6.28. The highest BCUT2D eigenvalue weighted by atomic mass is 32.1. The van der Waals surface area contributed by atoms with Crippen molar-refractivity contribution in [1.29, 1.82) is 5.26 Å². The van der Waals surface area contributed by atoms with Crippen molar-refractivity contribution < 1.29 is 23.2 Å². The molecule has 40 heavy (non-hydrogen) atoms. The molecule has 2 aromatic carbocycles. The molecule has 10 heteroatoms. The van der Waals surface area contributed by atoms with Crippen molar-refractivity contribution in [2.75, 3.05) is 12.0 Å². The molecule has 3 fully saturated rings. The summed E-state index contributed by atoms with van der Waals surface area (Å²) in [6.45, 7) is 0.339. The normalized spacial score (nSPS) is 22.0. The van der Waals surface area contributed by atoms with Gasteiger partial charge in [-0.2, -0.15) is 5.26 Å². The van der Waals surface area contributed by atoms with Crippen molar-refractivity contribution in [3.8, 4) is 17.3 Å². The quantitative estimate of drug-likeness (QED) is 0.242.